The van der Waals surface area contributed by atoms with Crippen LogP contribution in [0.5, 0.6) is 0 Å². The minimum absolute atomic E-state index is 0.0123. The molecule has 3 aromatic rings. The number of halogens is 6. The number of aromatic nitrogens is 2. The van der Waals surface area contributed by atoms with Crippen LogP contribution in [0.3, 0.4) is 0 Å². The number of carbonyl (C=O) groups excluding carboxylic acids is 1. The summed E-state index contributed by atoms with van der Waals surface area (Å²) in [5.74, 6) is -0.778. The number of carbonyl (C=O) groups is 1. The molecule has 0 unspecified atom stereocenters. The molecule has 0 radical (unpaired) electrons. The number of nitrogens with one attached hydrogen (secondary N) is 1. The van der Waals surface area contributed by atoms with Crippen molar-refractivity contribution < 1.29 is 35.2 Å². The Kier molecular flexibility index (Phi) is 8.22. The van der Waals surface area contributed by atoms with Crippen LogP contribution in [-0.2, 0) is 27.4 Å². The van der Waals surface area contributed by atoms with Crippen molar-refractivity contribution in [2.75, 3.05) is 19.4 Å². The van der Waals surface area contributed by atoms with Crippen molar-refractivity contribution in [3.05, 3.63) is 64.9 Å². The lowest BCUT2D eigenvalue weighted by Crippen LogP contribution is -2.16. The maximum atomic E-state index is 13.1. The maximum absolute atomic E-state index is 13.1. The fourth-order valence-corrected chi connectivity index (χ4v) is 4.63. The molecule has 0 aliphatic rings. The molecule has 0 saturated carbocycles. The number of hydrogen-bond donors (Lipinski definition) is 1. The highest BCUT2D eigenvalue weighted by atomic mass is 35.5. The van der Waals surface area contributed by atoms with Crippen molar-refractivity contribution in [1.29, 1.82) is 0 Å². The molecule has 2 aromatic carbocycles. The molecule has 37 heavy (non-hydrogen) atoms. The Hall–Kier alpha value is -3.52. The molecule has 1 heterocycles. The van der Waals surface area contributed by atoms with Crippen molar-refractivity contribution in [3.63, 3.8) is 0 Å². The van der Waals surface area contributed by atoms with Gasteiger partial charge < -0.3 is 10.2 Å². The molecular formula is C22H19ClF5N5O3S. The summed E-state index contributed by atoms with van der Waals surface area (Å²) in [6.45, 7) is -2.96. The van der Waals surface area contributed by atoms with Crippen LogP contribution in [0.25, 0.3) is 11.1 Å². The Balaban J connectivity index is 1.97. The largest absolute Gasteiger partial charge is 0.417 e. The summed E-state index contributed by atoms with van der Waals surface area (Å²) in [4.78, 5) is 13.5. The van der Waals surface area contributed by atoms with E-state index < -0.39 is 50.6 Å². The Bertz CT molecular complexity index is 1440. The number of hydrogen-bond acceptors (Lipinski definition) is 4. The van der Waals surface area contributed by atoms with Crippen LogP contribution in [0.15, 0.2) is 58.1 Å². The number of rotatable bonds is 8. The maximum Gasteiger partial charge on any atom is 0.417 e. The second kappa shape index (κ2) is 10.8. The van der Waals surface area contributed by atoms with E-state index in [1.54, 1.807) is 0 Å². The average Bonchev–Trinajstić information content (AvgIpc) is 3.29. The monoisotopic (exact) mass is 563 g/mol. The standard InChI is InChI=1S/C22H19ClF5N5O3S/c1-32(2)12-30-37(35,36)18-9-15(6-7-16(18)14-10-29-33(11-14)21(24)25)31-19(34)8-13-4-3-5-17(20(13)23)22(26,27)28/h3-7,9-12,21H,8H2,1-2H3,(H,31,34)/b30-12+. The lowest BCUT2D eigenvalue weighted by molar-refractivity contribution is -0.137. The molecule has 0 atom stereocenters. The SMILES string of the molecule is CN(C)/C=N/S(=O)(=O)c1cc(NC(=O)Cc2cccc(C(F)(F)F)c2Cl)ccc1-c1cnn(C(F)F)c1. The summed E-state index contributed by atoms with van der Waals surface area (Å²) in [5, 5.41) is 5.28. The van der Waals surface area contributed by atoms with Crippen molar-refractivity contribution in [2.24, 2.45) is 4.40 Å². The van der Waals surface area contributed by atoms with Crippen molar-refractivity contribution in [2.45, 2.75) is 24.0 Å². The van der Waals surface area contributed by atoms with Crippen LogP contribution < -0.4 is 5.32 Å². The van der Waals surface area contributed by atoms with E-state index in [9.17, 15) is 35.2 Å². The average molecular weight is 564 g/mol. The highest BCUT2D eigenvalue weighted by Gasteiger charge is 2.34. The van der Waals surface area contributed by atoms with Crippen molar-refractivity contribution in [1.82, 2.24) is 14.7 Å². The molecule has 1 N–H and O–H groups in total. The summed E-state index contributed by atoms with van der Waals surface area (Å²) in [6.07, 6.45) is -2.24. The van der Waals surface area contributed by atoms with Gasteiger partial charge in [0.1, 0.15) is 6.34 Å². The fourth-order valence-electron chi connectivity index (χ4n) is 3.16. The third kappa shape index (κ3) is 6.83. The summed E-state index contributed by atoms with van der Waals surface area (Å²) < 4.78 is 95.0. The Morgan fingerprint density at radius 2 is 1.95 bits per heavy atom. The van der Waals surface area contributed by atoms with Crippen LogP contribution in [0.2, 0.25) is 5.02 Å². The van der Waals surface area contributed by atoms with Crippen LogP contribution in [0.1, 0.15) is 17.7 Å². The first-order valence-corrected chi connectivity index (χ1v) is 12.1. The third-order valence-electron chi connectivity index (χ3n) is 4.81. The molecule has 8 nitrogen and oxygen atoms in total. The van der Waals surface area contributed by atoms with Crippen LogP contribution in [-0.4, -0.2) is 49.4 Å². The Labute approximate surface area is 213 Å². The second-order valence-electron chi connectivity index (χ2n) is 7.86. The zero-order valence-corrected chi connectivity index (χ0v) is 20.7. The van der Waals surface area contributed by atoms with Crippen molar-refractivity contribution >= 4 is 39.6 Å². The zero-order chi connectivity index (χ0) is 27.5. The number of benzene rings is 2. The van der Waals surface area contributed by atoms with E-state index in [2.05, 4.69) is 14.8 Å². The zero-order valence-electron chi connectivity index (χ0n) is 19.2. The van der Waals surface area contributed by atoms with E-state index in [-0.39, 0.29) is 22.4 Å². The number of anilines is 1. The van der Waals surface area contributed by atoms with Gasteiger partial charge in [0.25, 0.3) is 10.0 Å². The first-order chi connectivity index (χ1) is 17.2. The highest BCUT2D eigenvalue weighted by molar-refractivity contribution is 7.90. The van der Waals surface area contributed by atoms with Crippen molar-refractivity contribution in [3.8, 4) is 11.1 Å². The fraction of sp³-hybridized carbons (Fsp3) is 0.227. The van der Waals surface area contributed by atoms with Gasteiger partial charge >= 0.3 is 12.7 Å². The molecule has 0 spiro atoms. The van der Waals surface area contributed by atoms with E-state index in [0.29, 0.717) is 4.68 Å². The number of sulfonamides is 1. The highest BCUT2D eigenvalue weighted by Crippen LogP contribution is 2.36. The molecule has 198 valence electrons. The summed E-state index contributed by atoms with van der Waals surface area (Å²) >= 11 is 5.84. The van der Waals surface area contributed by atoms with E-state index in [4.69, 9.17) is 11.6 Å². The minimum Gasteiger partial charge on any atom is -0.368 e. The summed E-state index contributed by atoms with van der Waals surface area (Å²) in [5.41, 5.74) is -1.18. The number of alkyl halides is 5. The molecular weight excluding hydrogens is 545 g/mol. The first kappa shape index (κ1) is 28.1. The molecule has 1 aromatic heterocycles. The lowest BCUT2D eigenvalue weighted by Gasteiger charge is -2.13. The molecule has 3 rings (SSSR count). The van der Waals surface area contributed by atoms with Gasteiger partial charge in [-0.3, -0.25) is 4.79 Å². The molecule has 0 aliphatic carbocycles. The van der Waals surface area contributed by atoms with Gasteiger partial charge in [-0.1, -0.05) is 29.8 Å². The van der Waals surface area contributed by atoms with E-state index >= 15 is 0 Å². The van der Waals surface area contributed by atoms with E-state index in [1.165, 1.54) is 37.2 Å². The van der Waals surface area contributed by atoms with Gasteiger partial charge in [-0.15, -0.1) is 4.40 Å². The minimum atomic E-state index is -4.71. The topological polar surface area (TPSA) is 96.7 Å². The third-order valence-corrected chi connectivity index (χ3v) is 6.52. The van der Waals surface area contributed by atoms with Gasteiger partial charge in [0.05, 0.1) is 28.1 Å². The van der Waals surface area contributed by atoms with Crippen LogP contribution >= 0.6 is 11.6 Å². The normalized spacial score (nSPS) is 12.4. The molecule has 0 fully saturated rings. The number of nitrogens with zero attached hydrogens (tertiary/aromatic N) is 4. The predicted octanol–water partition coefficient (Wildman–Crippen LogP) is 5.08. The van der Waals surface area contributed by atoms with E-state index in [0.717, 1.165) is 36.9 Å². The summed E-state index contributed by atoms with van der Waals surface area (Å²) in [6, 6.07) is 6.77. The molecule has 0 aliphatic heterocycles. The van der Waals surface area contributed by atoms with Gasteiger partial charge in [-0.2, -0.15) is 35.5 Å². The Morgan fingerprint density at radius 1 is 1.24 bits per heavy atom. The Morgan fingerprint density at radius 3 is 2.54 bits per heavy atom. The molecule has 0 bridgehead atoms. The molecule has 15 heteroatoms. The van der Waals surface area contributed by atoms with Crippen LogP contribution in [0, 0.1) is 0 Å². The molecule has 0 saturated heterocycles. The van der Waals surface area contributed by atoms with E-state index in [1.807, 2.05) is 0 Å². The quantitative estimate of drug-likeness (QED) is 0.234. The van der Waals surface area contributed by atoms with Gasteiger partial charge in [0, 0.05) is 37.1 Å². The predicted molar refractivity (Wildman–Crippen MR) is 127 cm³/mol. The number of amides is 1. The van der Waals surface area contributed by atoms with Gasteiger partial charge in [-0.05, 0) is 23.8 Å². The molecule has 1 amide bonds. The lowest BCUT2D eigenvalue weighted by atomic mass is 10.1. The van der Waals surface area contributed by atoms with Gasteiger partial charge in [0.2, 0.25) is 5.91 Å². The van der Waals surface area contributed by atoms with Gasteiger partial charge in [-0.25, -0.2) is 4.68 Å². The smallest absolute Gasteiger partial charge is 0.368 e. The van der Waals surface area contributed by atoms with Crippen LogP contribution in [0.4, 0.5) is 27.6 Å². The first-order valence-electron chi connectivity index (χ1n) is 10.3. The van der Waals surface area contributed by atoms with Gasteiger partial charge in [0.15, 0.2) is 0 Å². The second-order valence-corrected chi connectivity index (χ2v) is 9.84. The summed E-state index contributed by atoms with van der Waals surface area (Å²) in [7, 11) is -1.33.